The number of anilines is 1. The zero-order valence-corrected chi connectivity index (χ0v) is 10.1. The molecule has 0 spiro atoms. The summed E-state index contributed by atoms with van der Waals surface area (Å²) in [6.45, 7) is 1.59. The Hall–Kier alpha value is -1.79. The topological polar surface area (TPSA) is 102 Å². The molecule has 0 radical (unpaired) electrons. The minimum atomic E-state index is -1.08. The fraction of sp³-hybridized carbons (Fsp3) is 0.417. The molecule has 1 aromatic carbocycles. The number of hydrogen-bond donors (Lipinski definition) is 3. The number of aliphatic hydroxyl groups excluding tert-OH is 2. The van der Waals surface area contributed by atoms with Gasteiger partial charge in [-0.1, -0.05) is 0 Å². The van der Waals surface area contributed by atoms with Crippen LogP contribution in [0.2, 0.25) is 0 Å². The van der Waals surface area contributed by atoms with Crippen molar-refractivity contribution in [2.24, 2.45) is 0 Å². The molecule has 18 heavy (non-hydrogen) atoms. The predicted octanol–water partition coefficient (Wildman–Crippen LogP) is 0.177. The summed E-state index contributed by atoms with van der Waals surface area (Å²) in [6.07, 6.45) is -1.08. The van der Waals surface area contributed by atoms with Gasteiger partial charge in [-0.25, -0.2) is 4.79 Å². The fourth-order valence-corrected chi connectivity index (χ4v) is 1.27. The molecule has 4 N–H and O–H groups in total. The molecule has 0 amide bonds. The van der Waals surface area contributed by atoms with Crippen molar-refractivity contribution < 1.29 is 24.5 Å². The first-order valence-corrected chi connectivity index (χ1v) is 5.56. The molecule has 0 saturated carbocycles. The van der Waals surface area contributed by atoms with Gasteiger partial charge >= 0.3 is 5.97 Å². The average molecular weight is 255 g/mol. The average Bonchev–Trinajstić information content (AvgIpc) is 2.38. The number of rotatable bonds is 6. The van der Waals surface area contributed by atoms with Gasteiger partial charge in [-0.2, -0.15) is 0 Å². The van der Waals surface area contributed by atoms with E-state index in [4.69, 9.17) is 25.4 Å². The monoisotopic (exact) mass is 255 g/mol. The molecule has 0 fully saturated rings. The van der Waals surface area contributed by atoms with Gasteiger partial charge in [-0.3, -0.25) is 0 Å². The van der Waals surface area contributed by atoms with Crippen molar-refractivity contribution in [2.75, 3.05) is 25.6 Å². The van der Waals surface area contributed by atoms with Crippen LogP contribution in [0.25, 0.3) is 0 Å². The highest BCUT2D eigenvalue weighted by Gasteiger charge is 2.12. The predicted molar refractivity (Wildman–Crippen MR) is 65.4 cm³/mol. The summed E-state index contributed by atoms with van der Waals surface area (Å²) in [5.41, 5.74) is 6.31. The van der Waals surface area contributed by atoms with Crippen LogP contribution in [-0.2, 0) is 4.74 Å². The first kappa shape index (κ1) is 14.3. The molecule has 0 aliphatic heterocycles. The number of hydrogen-bond acceptors (Lipinski definition) is 6. The number of carbonyl (C=O) groups is 1. The first-order valence-electron chi connectivity index (χ1n) is 5.56. The maximum atomic E-state index is 11.6. The number of nitrogen functional groups attached to an aromatic ring is 1. The van der Waals surface area contributed by atoms with E-state index >= 15 is 0 Å². The van der Waals surface area contributed by atoms with Crippen LogP contribution in [0.15, 0.2) is 18.2 Å². The van der Waals surface area contributed by atoms with Gasteiger partial charge in [0, 0.05) is 0 Å². The molecule has 100 valence electrons. The molecule has 6 nitrogen and oxygen atoms in total. The van der Waals surface area contributed by atoms with Crippen molar-refractivity contribution in [2.45, 2.75) is 13.0 Å². The molecule has 0 aliphatic carbocycles. The summed E-state index contributed by atoms with van der Waals surface area (Å²) in [6, 6.07) is 4.55. The number of aliphatic hydroxyl groups is 2. The number of benzene rings is 1. The second kappa shape index (κ2) is 6.83. The minimum absolute atomic E-state index is 0.261. The Bertz CT molecular complexity index is 407. The molecule has 0 bridgehead atoms. The van der Waals surface area contributed by atoms with Crippen molar-refractivity contribution in [1.82, 2.24) is 0 Å². The fourth-order valence-electron chi connectivity index (χ4n) is 1.27. The van der Waals surface area contributed by atoms with Gasteiger partial charge in [-0.15, -0.1) is 0 Å². The second-order valence-electron chi connectivity index (χ2n) is 3.62. The summed E-state index contributed by atoms with van der Waals surface area (Å²) < 4.78 is 10.0. The number of esters is 1. The largest absolute Gasteiger partial charge is 0.492 e. The van der Waals surface area contributed by atoms with Gasteiger partial charge in [0.05, 0.1) is 24.5 Å². The van der Waals surface area contributed by atoms with E-state index in [-0.39, 0.29) is 12.2 Å². The van der Waals surface area contributed by atoms with E-state index in [1.54, 1.807) is 6.07 Å². The Morgan fingerprint density at radius 1 is 1.50 bits per heavy atom. The van der Waals surface area contributed by atoms with Gasteiger partial charge < -0.3 is 25.4 Å². The van der Waals surface area contributed by atoms with E-state index in [1.165, 1.54) is 12.1 Å². The molecule has 6 heteroatoms. The lowest BCUT2D eigenvalue weighted by molar-refractivity contribution is 0.00933. The molecule has 0 heterocycles. The van der Waals surface area contributed by atoms with Crippen LogP contribution in [0.3, 0.4) is 0 Å². The Labute approximate surface area is 105 Å². The Kier molecular flexibility index (Phi) is 5.41. The van der Waals surface area contributed by atoms with Crippen molar-refractivity contribution in [3.63, 3.8) is 0 Å². The van der Waals surface area contributed by atoms with Crippen LogP contribution >= 0.6 is 0 Å². The maximum Gasteiger partial charge on any atom is 0.338 e. The van der Waals surface area contributed by atoms with Crippen molar-refractivity contribution in [1.29, 1.82) is 0 Å². The zero-order valence-electron chi connectivity index (χ0n) is 10.1. The van der Waals surface area contributed by atoms with E-state index in [9.17, 15) is 4.79 Å². The Morgan fingerprint density at radius 3 is 2.78 bits per heavy atom. The third kappa shape index (κ3) is 3.90. The van der Waals surface area contributed by atoms with E-state index in [0.717, 1.165) is 0 Å². The van der Waals surface area contributed by atoms with E-state index in [0.29, 0.717) is 18.0 Å². The molecule has 1 atom stereocenters. The molecule has 0 aromatic heterocycles. The van der Waals surface area contributed by atoms with Gasteiger partial charge in [0.25, 0.3) is 0 Å². The van der Waals surface area contributed by atoms with Crippen LogP contribution in [0, 0.1) is 0 Å². The first-order chi connectivity index (χ1) is 8.58. The highest BCUT2D eigenvalue weighted by atomic mass is 16.5. The molecule has 1 aromatic rings. The van der Waals surface area contributed by atoms with Crippen LogP contribution < -0.4 is 10.5 Å². The zero-order chi connectivity index (χ0) is 13.5. The van der Waals surface area contributed by atoms with Crippen LogP contribution in [-0.4, -0.2) is 42.1 Å². The smallest absolute Gasteiger partial charge is 0.338 e. The summed E-state index contributed by atoms with van der Waals surface area (Å²) in [4.78, 5) is 11.6. The molecule has 1 unspecified atom stereocenters. The van der Waals surface area contributed by atoms with E-state index < -0.39 is 18.7 Å². The van der Waals surface area contributed by atoms with Crippen molar-refractivity contribution in [3.05, 3.63) is 23.8 Å². The summed E-state index contributed by atoms with van der Waals surface area (Å²) in [7, 11) is 0. The lowest BCUT2D eigenvalue weighted by Gasteiger charge is -2.10. The maximum absolute atomic E-state index is 11.6. The summed E-state index contributed by atoms with van der Waals surface area (Å²) in [5.74, 6) is -0.110. The highest BCUT2D eigenvalue weighted by Crippen LogP contribution is 2.22. The van der Waals surface area contributed by atoms with Gasteiger partial charge in [0.1, 0.15) is 18.5 Å². The van der Waals surface area contributed by atoms with Crippen molar-refractivity contribution >= 4 is 11.7 Å². The summed E-state index contributed by atoms with van der Waals surface area (Å²) >= 11 is 0. The molecular formula is C12H17NO5. The standard InChI is InChI=1S/C12H17NO5/c1-2-17-11-4-3-8(5-10(11)13)12(16)18-7-9(15)6-14/h3-5,9,14-15H,2,6-7,13H2,1H3. The van der Waals surface area contributed by atoms with Gasteiger partial charge in [-0.05, 0) is 25.1 Å². The van der Waals surface area contributed by atoms with Gasteiger partial charge in [0.2, 0.25) is 0 Å². The van der Waals surface area contributed by atoms with Gasteiger partial charge in [0.15, 0.2) is 0 Å². The van der Waals surface area contributed by atoms with Crippen LogP contribution in [0.1, 0.15) is 17.3 Å². The Morgan fingerprint density at radius 2 is 2.22 bits per heavy atom. The molecular weight excluding hydrogens is 238 g/mol. The lowest BCUT2D eigenvalue weighted by atomic mass is 10.2. The van der Waals surface area contributed by atoms with E-state index in [1.807, 2.05) is 6.92 Å². The lowest BCUT2D eigenvalue weighted by Crippen LogP contribution is -2.22. The second-order valence-corrected chi connectivity index (χ2v) is 3.62. The third-order valence-corrected chi connectivity index (χ3v) is 2.16. The highest BCUT2D eigenvalue weighted by molar-refractivity contribution is 5.91. The van der Waals surface area contributed by atoms with Crippen LogP contribution in [0.5, 0.6) is 5.75 Å². The summed E-state index contributed by atoms with van der Waals surface area (Å²) in [5, 5.41) is 17.6. The Balaban J connectivity index is 2.66. The number of carbonyl (C=O) groups excluding carboxylic acids is 1. The SMILES string of the molecule is CCOc1ccc(C(=O)OCC(O)CO)cc1N. The third-order valence-electron chi connectivity index (χ3n) is 2.16. The molecule has 0 aliphatic rings. The normalized spacial score (nSPS) is 11.9. The minimum Gasteiger partial charge on any atom is -0.492 e. The van der Waals surface area contributed by atoms with E-state index in [2.05, 4.69) is 0 Å². The number of nitrogens with two attached hydrogens (primary N) is 1. The van der Waals surface area contributed by atoms with Crippen LogP contribution in [0.4, 0.5) is 5.69 Å². The molecule has 0 saturated heterocycles. The van der Waals surface area contributed by atoms with Crippen molar-refractivity contribution in [3.8, 4) is 5.75 Å². The quantitative estimate of drug-likeness (QED) is 0.495. The number of ether oxygens (including phenoxy) is 2. The molecule has 1 rings (SSSR count).